The topological polar surface area (TPSA) is 67.3 Å². The number of carbonyl (C=O) groups is 1. The number of hydrogen-bond acceptors (Lipinski definition) is 6. The van der Waals surface area contributed by atoms with E-state index in [-0.39, 0.29) is 23.8 Å². The van der Waals surface area contributed by atoms with E-state index in [4.69, 9.17) is 0 Å². The Labute approximate surface area is 174 Å². The second-order valence-corrected chi connectivity index (χ2v) is 10.9. The molecule has 1 fully saturated rings. The van der Waals surface area contributed by atoms with Gasteiger partial charge in [-0.1, -0.05) is 35.2 Å². The van der Waals surface area contributed by atoms with Crippen LogP contribution in [0, 0.1) is 5.92 Å². The van der Waals surface area contributed by atoms with E-state index >= 15 is 0 Å². The Morgan fingerprint density at radius 1 is 1.17 bits per heavy atom. The molecule has 0 aliphatic carbocycles. The van der Waals surface area contributed by atoms with E-state index in [1.165, 1.54) is 28.4 Å². The van der Waals surface area contributed by atoms with Crippen molar-refractivity contribution in [3.63, 3.8) is 0 Å². The molecule has 0 bridgehead atoms. The molecule has 0 unspecified atom stereocenters. The van der Waals surface area contributed by atoms with E-state index in [1.807, 2.05) is 24.3 Å². The number of rotatable bonds is 5. The van der Waals surface area contributed by atoms with Crippen molar-refractivity contribution in [3.8, 4) is 0 Å². The molecule has 0 radical (unpaired) electrons. The average Bonchev–Trinajstić information content (AvgIpc) is 3.25. The number of nitrogens with zero attached hydrogens (tertiary/aromatic N) is 2. The summed E-state index contributed by atoms with van der Waals surface area (Å²) in [5.41, 5.74) is 1.20. The summed E-state index contributed by atoms with van der Waals surface area (Å²) in [7, 11) is -3.23. The van der Waals surface area contributed by atoms with Crippen molar-refractivity contribution < 1.29 is 22.0 Å². The fraction of sp³-hybridized carbons (Fsp3) is 0.263. The molecule has 0 spiro atoms. The summed E-state index contributed by atoms with van der Waals surface area (Å²) < 4.78 is 49.8. The standard InChI is InChI=1S/C19H16F2N2O3S3/c20-18(21)27-14-7-5-13(6-8-14)23(17(24)12-9-10-29(25,26)11-12)19-22-15-3-1-2-4-16(15)28-19/h1-8,12,18H,9-11H2/t12-/m1/s1. The molecule has 0 N–H and O–H groups in total. The first-order chi connectivity index (χ1) is 13.8. The van der Waals surface area contributed by atoms with Gasteiger partial charge in [0.05, 0.1) is 33.3 Å². The number of alkyl halides is 2. The summed E-state index contributed by atoms with van der Waals surface area (Å²) in [6.07, 6.45) is 0.266. The van der Waals surface area contributed by atoms with Crippen molar-refractivity contribution >= 4 is 59.9 Å². The summed E-state index contributed by atoms with van der Waals surface area (Å²) in [5, 5.41) is 0.426. The SMILES string of the molecule is O=C([C@@H]1CCS(=O)(=O)C1)N(c1ccc(SC(F)F)cc1)c1nc2ccccc2s1. The molecule has 2 heterocycles. The summed E-state index contributed by atoms with van der Waals surface area (Å²) in [5.74, 6) is -3.73. The number of aromatic nitrogens is 1. The van der Waals surface area contributed by atoms with Crippen LogP contribution in [0.1, 0.15) is 6.42 Å². The van der Waals surface area contributed by atoms with Gasteiger partial charge in [-0.15, -0.1) is 0 Å². The molecule has 1 saturated heterocycles. The molecule has 4 rings (SSSR count). The number of thiazole rings is 1. The number of amides is 1. The van der Waals surface area contributed by atoms with Crippen LogP contribution in [0.15, 0.2) is 53.4 Å². The van der Waals surface area contributed by atoms with Crippen molar-refractivity contribution in [3.05, 3.63) is 48.5 Å². The van der Waals surface area contributed by atoms with Gasteiger partial charge in [-0.25, -0.2) is 13.4 Å². The third-order valence-corrected chi connectivity index (χ3v) is 8.11. The van der Waals surface area contributed by atoms with Crippen LogP contribution in [0.4, 0.5) is 19.6 Å². The molecule has 0 saturated carbocycles. The Bertz CT molecular complexity index is 1110. The Hall–Kier alpha value is -2.04. The number of hydrogen-bond donors (Lipinski definition) is 0. The Morgan fingerprint density at radius 2 is 1.90 bits per heavy atom. The lowest BCUT2D eigenvalue weighted by Gasteiger charge is -2.23. The highest BCUT2D eigenvalue weighted by Crippen LogP contribution is 2.37. The zero-order valence-corrected chi connectivity index (χ0v) is 17.4. The first kappa shape index (κ1) is 20.2. The maximum Gasteiger partial charge on any atom is 0.288 e. The first-order valence-electron chi connectivity index (χ1n) is 8.77. The van der Waals surface area contributed by atoms with Gasteiger partial charge < -0.3 is 0 Å². The number of para-hydroxylation sites is 1. The molecule has 3 aromatic rings. The van der Waals surface area contributed by atoms with E-state index < -0.39 is 21.5 Å². The highest BCUT2D eigenvalue weighted by atomic mass is 32.2. The van der Waals surface area contributed by atoms with Crippen molar-refractivity contribution in [2.75, 3.05) is 16.4 Å². The molecule has 1 atom stereocenters. The Kier molecular flexibility index (Phi) is 5.58. The Balaban J connectivity index is 1.73. The van der Waals surface area contributed by atoms with Gasteiger partial charge in [-0.05, 0) is 42.8 Å². The minimum absolute atomic E-state index is 0.0128. The molecular weight excluding hydrogens is 438 g/mol. The van der Waals surface area contributed by atoms with Gasteiger partial charge in [0.2, 0.25) is 5.91 Å². The highest BCUT2D eigenvalue weighted by Gasteiger charge is 2.37. The van der Waals surface area contributed by atoms with E-state index in [0.717, 1.165) is 10.2 Å². The van der Waals surface area contributed by atoms with Crippen LogP contribution in [0.5, 0.6) is 0 Å². The monoisotopic (exact) mass is 454 g/mol. The molecule has 1 amide bonds. The summed E-state index contributed by atoms with van der Waals surface area (Å²) >= 11 is 1.74. The van der Waals surface area contributed by atoms with E-state index in [1.54, 1.807) is 12.1 Å². The van der Waals surface area contributed by atoms with Crippen LogP contribution in [0.3, 0.4) is 0 Å². The Morgan fingerprint density at radius 3 is 2.52 bits per heavy atom. The fourth-order valence-corrected chi connectivity index (χ4v) is 6.46. The second-order valence-electron chi connectivity index (χ2n) is 6.61. The van der Waals surface area contributed by atoms with Crippen LogP contribution < -0.4 is 4.90 Å². The highest BCUT2D eigenvalue weighted by molar-refractivity contribution is 7.99. The van der Waals surface area contributed by atoms with Gasteiger partial charge in [0.1, 0.15) is 0 Å². The van der Waals surface area contributed by atoms with Gasteiger partial charge in [0, 0.05) is 4.90 Å². The zero-order valence-electron chi connectivity index (χ0n) is 15.0. The minimum Gasteiger partial charge on any atom is -0.274 e. The molecule has 10 heteroatoms. The molecule has 1 aromatic heterocycles. The van der Waals surface area contributed by atoms with Gasteiger partial charge in [-0.3, -0.25) is 9.69 Å². The summed E-state index contributed by atoms with van der Waals surface area (Å²) in [6.45, 7) is 0. The molecular formula is C19H16F2N2O3S3. The van der Waals surface area contributed by atoms with Crippen LogP contribution in [-0.4, -0.2) is 36.6 Å². The maximum atomic E-state index is 13.3. The fourth-order valence-electron chi connectivity index (χ4n) is 3.24. The molecule has 2 aromatic carbocycles. The zero-order chi connectivity index (χ0) is 20.6. The molecule has 29 heavy (non-hydrogen) atoms. The molecule has 5 nitrogen and oxygen atoms in total. The number of fused-ring (bicyclic) bond motifs is 1. The van der Waals surface area contributed by atoms with E-state index in [0.29, 0.717) is 27.5 Å². The van der Waals surface area contributed by atoms with Crippen LogP contribution in [0.25, 0.3) is 10.2 Å². The van der Waals surface area contributed by atoms with Crippen molar-refractivity contribution in [2.24, 2.45) is 5.92 Å². The lowest BCUT2D eigenvalue weighted by atomic mass is 10.1. The summed E-state index contributed by atoms with van der Waals surface area (Å²) in [6, 6.07) is 13.6. The predicted molar refractivity (Wildman–Crippen MR) is 112 cm³/mol. The first-order valence-corrected chi connectivity index (χ1v) is 12.3. The third-order valence-electron chi connectivity index (χ3n) is 4.60. The smallest absolute Gasteiger partial charge is 0.274 e. The van der Waals surface area contributed by atoms with Crippen LogP contribution in [-0.2, 0) is 14.6 Å². The van der Waals surface area contributed by atoms with Crippen molar-refractivity contribution in [2.45, 2.75) is 17.1 Å². The molecule has 1 aliphatic heterocycles. The van der Waals surface area contributed by atoms with Crippen molar-refractivity contribution in [1.29, 1.82) is 0 Å². The van der Waals surface area contributed by atoms with Gasteiger partial charge in [0.15, 0.2) is 15.0 Å². The average molecular weight is 455 g/mol. The second kappa shape index (κ2) is 8.00. The normalized spacial score (nSPS) is 18.4. The van der Waals surface area contributed by atoms with Crippen molar-refractivity contribution in [1.82, 2.24) is 4.98 Å². The van der Waals surface area contributed by atoms with Gasteiger partial charge in [0.25, 0.3) is 5.76 Å². The quantitative estimate of drug-likeness (QED) is 0.523. The number of anilines is 2. The number of thioether (sulfide) groups is 1. The maximum absolute atomic E-state index is 13.3. The minimum atomic E-state index is -3.23. The third kappa shape index (κ3) is 4.44. The lowest BCUT2D eigenvalue weighted by molar-refractivity contribution is -0.120. The number of halogens is 2. The van der Waals surface area contributed by atoms with Gasteiger partial charge >= 0.3 is 0 Å². The van der Waals surface area contributed by atoms with Gasteiger partial charge in [-0.2, -0.15) is 8.78 Å². The predicted octanol–water partition coefficient (Wildman–Crippen LogP) is 4.71. The van der Waals surface area contributed by atoms with Crippen LogP contribution in [0.2, 0.25) is 0 Å². The molecule has 152 valence electrons. The molecule has 1 aliphatic rings. The van der Waals surface area contributed by atoms with E-state index in [9.17, 15) is 22.0 Å². The number of sulfone groups is 1. The number of benzene rings is 2. The lowest BCUT2D eigenvalue weighted by Crippen LogP contribution is -2.33. The number of carbonyl (C=O) groups excluding carboxylic acids is 1. The van der Waals surface area contributed by atoms with E-state index in [2.05, 4.69) is 4.98 Å². The largest absolute Gasteiger partial charge is 0.288 e. The van der Waals surface area contributed by atoms with Crippen LogP contribution >= 0.6 is 23.1 Å². The summed E-state index contributed by atoms with van der Waals surface area (Å²) in [4.78, 5) is 19.6.